The molecule has 41 heavy (non-hydrogen) atoms. The summed E-state index contributed by atoms with van der Waals surface area (Å²) in [5, 5.41) is 13.9. The molecule has 0 aliphatic carbocycles. The number of anilines is 2. The summed E-state index contributed by atoms with van der Waals surface area (Å²) in [6.45, 7) is 3.71. The second kappa shape index (κ2) is 13.0. The number of nitrogens with zero attached hydrogens (tertiary/aromatic N) is 4. The number of carbonyl (C=O) groups excluding carboxylic acids is 1. The van der Waals surface area contributed by atoms with Gasteiger partial charge in [-0.2, -0.15) is 26.3 Å². The molecule has 8 nitrogen and oxygen atoms in total. The first-order chi connectivity index (χ1) is 18.8. The van der Waals surface area contributed by atoms with E-state index in [0.29, 0.717) is 70.8 Å². The molecule has 1 N–H and O–H groups in total. The third kappa shape index (κ3) is 8.24. The Labute approximate surface area is 234 Å². The monoisotopic (exact) mass is 589 g/mol. The van der Waals surface area contributed by atoms with E-state index in [1.54, 1.807) is 11.0 Å². The highest BCUT2D eigenvalue weighted by Gasteiger charge is 2.38. The van der Waals surface area contributed by atoms with Gasteiger partial charge < -0.3 is 15.1 Å². The number of rotatable bonds is 7. The molecule has 0 radical (unpaired) electrons. The highest BCUT2D eigenvalue weighted by molar-refractivity contribution is 5.76. The van der Waals surface area contributed by atoms with Crippen molar-refractivity contribution in [3.63, 3.8) is 0 Å². The van der Waals surface area contributed by atoms with Gasteiger partial charge in [-0.05, 0) is 43.2 Å². The number of hydrogen-bond acceptors (Lipinski definition) is 6. The number of piperazine rings is 1. The second-order valence-electron chi connectivity index (χ2n) is 9.91. The average molecular weight is 590 g/mol. The van der Waals surface area contributed by atoms with Gasteiger partial charge in [-0.1, -0.05) is 13.5 Å². The molecule has 2 aromatic carbocycles. The highest BCUT2D eigenvalue weighted by Crippen LogP contribution is 2.38. The number of alkyl halides is 6. The van der Waals surface area contributed by atoms with Crippen molar-refractivity contribution in [1.82, 2.24) is 9.80 Å². The summed E-state index contributed by atoms with van der Waals surface area (Å²) in [4.78, 5) is 28.4. The molecule has 2 heterocycles. The van der Waals surface area contributed by atoms with Gasteiger partial charge in [-0.25, -0.2) is 0 Å². The first kappa shape index (κ1) is 32.0. The minimum atomic E-state index is -4.86. The predicted octanol–water partition coefficient (Wildman–Crippen LogP) is 5.88. The molecule has 2 aliphatic rings. The van der Waals surface area contributed by atoms with Crippen molar-refractivity contribution in [2.45, 2.75) is 45.1 Å². The maximum Gasteiger partial charge on any atom is 0.423 e. The Balaban J connectivity index is 0.00000462. The maximum absolute atomic E-state index is 13.2. The van der Waals surface area contributed by atoms with Crippen LogP contribution in [0.5, 0.6) is 0 Å². The van der Waals surface area contributed by atoms with Gasteiger partial charge in [0.15, 0.2) is 0 Å². The van der Waals surface area contributed by atoms with Crippen LogP contribution >= 0.6 is 0 Å². The summed E-state index contributed by atoms with van der Waals surface area (Å²) in [7, 11) is 0. The van der Waals surface area contributed by atoms with Crippen LogP contribution in [0.1, 0.15) is 37.8 Å². The number of halogens is 6. The zero-order valence-electron chi connectivity index (χ0n) is 21.5. The standard InChI is InChI=1S/C26H29F6N5O3.CH4/c27-25(28,29)18-2-1-3-21(16-18)35-14-12-34(13-15-35)9-8-24(38)36-10-6-19(7-11-36)33-20-4-5-23(37(39)40)22(17-20)26(30,31)32;/h1-5,16-17,19,33H,6-15H2;1H4. The smallest absolute Gasteiger partial charge is 0.382 e. The minimum absolute atomic E-state index is 0. The number of hydrogen-bond donors (Lipinski definition) is 1. The maximum atomic E-state index is 13.2. The molecule has 0 aromatic heterocycles. The number of benzene rings is 2. The van der Waals surface area contributed by atoms with Crippen LogP contribution in [0.25, 0.3) is 0 Å². The van der Waals surface area contributed by atoms with Crippen LogP contribution < -0.4 is 10.2 Å². The Morgan fingerprint density at radius 2 is 1.59 bits per heavy atom. The van der Waals surface area contributed by atoms with E-state index in [9.17, 15) is 41.3 Å². The first-order valence-corrected chi connectivity index (χ1v) is 12.9. The fourth-order valence-electron chi connectivity index (χ4n) is 5.04. The molecule has 2 aliphatic heterocycles. The van der Waals surface area contributed by atoms with Crippen LogP contribution in [0.3, 0.4) is 0 Å². The number of piperidine rings is 1. The van der Waals surface area contributed by atoms with Crippen molar-refractivity contribution in [1.29, 1.82) is 0 Å². The molecule has 14 heteroatoms. The molecular formula is C27H33F6N5O3. The van der Waals surface area contributed by atoms with Gasteiger partial charge in [-0.15, -0.1) is 0 Å². The van der Waals surface area contributed by atoms with E-state index in [1.807, 2.05) is 4.90 Å². The molecule has 2 aromatic rings. The summed E-state index contributed by atoms with van der Waals surface area (Å²) in [5.41, 5.74) is -2.35. The quantitative estimate of drug-likeness (QED) is 0.247. The van der Waals surface area contributed by atoms with E-state index in [0.717, 1.165) is 24.3 Å². The van der Waals surface area contributed by atoms with Crippen LogP contribution in [0.15, 0.2) is 42.5 Å². The van der Waals surface area contributed by atoms with E-state index in [2.05, 4.69) is 10.2 Å². The van der Waals surface area contributed by atoms with Crippen molar-refractivity contribution >= 4 is 23.0 Å². The van der Waals surface area contributed by atoms with E-state index in [1.165, 1.54) is 12.1 Å². The van der Waals surface area contributed by atoms with Gasteiger partial charge in [0.25, 0.3) is 5.69 Å². The normalized spacial score (nSPS) is 17.2. The lowest BCUT2D eigenvalue weighted by molar-refractivity contribution is -0.388. The fraction of sp³-hybridized carbons (Fsp3) is 0.519. The van der Waals surface area contributed by atoms with Gasteiger partial charge in [0, 0.05) is 75.7 Å². The van der Waals surface area contributed by atoms with Crippen molar-refractivity contribution in [2.24, 2.45) is 0 Å². The van der Waals surface area contributed by atoms with E-state index >= 15 is 0 Å². The fourth-order valence-corrected chi connectivity index (χ4v) is 5.04. The van der Waals surface area contributed by atoms with Gasteiger partial charge in [0.2, 0.25) is 5.91 Å². The number of nitro groups is 1. The first-order valence-electron chi connectivity index (χ1n) is 12.9. The Morgan fingerprint density at radius 3 is 2.17 bits per heavy atom. The number of carbonyl (C=O) groups is 1. The highest BCUT2D eigenvalue weighted by atomic mass is 19.4. The van der Waals surface area contributed by atoms with E-state index < -0.39 is 34.1 Å². The molecule has 2 fully saturated rings. The van der Waals surface area contributed by atoms with Crippen molar-refractivity contribution in [2.75, 3.05) is 56.0 Å². The molecule has 0 saturated carbocycles. The van der Waals surface area contributed by atoms with Crippen LogP contribution in [-0.2, 0) is 17.1 Å². The summed E-state index contributed by atoms with van der Waals surface area (Å²) in [6.07, 6.45) is -7.94. The topological polar surface area (TPSA) is 82.0 Å². The van der Waals surface area contributed by atoms with Crippen molar-refractivity contribution in [3.05, 3.63) is 63.7 Å². The Morgan fingerprint density at radius 1 is 0.927 bits per heavy atom. The number of likely N-dealkylation sites (tertiary alicyclic amines) is 1. The minimum Gasteiger partial charge on any atom is -0.382 e. The summed E-state index contributed by atoms with van der Waals surface area (Å²) in [6, 6.07) is 7.88. The summed E-state index contributed by atoms with van der Waals surface area (Å²) < 4.78 is 78.8. The van der Waals surface area contributed by atoms with Gasteiger partial charge >= 0.3 is 12.4 Å². The second-order valence-corrected chi connectivity index (χ2v) is 9.91. The summed E-state index contributed by atoms with van der Waals surface area (Å²) in [5.74, 6) is -0.0338. The number of nitro benzene ring substituents is 1. The van der Waals surface area contributed by atoms with Crippen LogP contribution in [0.2, 0.25) is 0 Å². The molecule has 4 rings (SSSR count). The van der Waals surface area contributed by atoms with E-state index in [4.69, 9.17) is 0 Å². The van der Waals surface area contributed by atoms with Crippen LogP contribution in [0, 0.1) is 10.1 Å². The number of amides is 1. The summed E-state index contributed by atoms with van der Waals surface area (Å²) >= 11 is 0. The lowest BCUT2D eigenvalue weighted by Gasteiger charge is -2.37. The van der Waals surface area contributed by atoms with E-state index in [-0.39, 0.29) is 25.1 Å². The Hall–Kier alpha value is -3.55. The van der Waals surface area contributed by atoms with Crippen molar-refractivity contribution < 1.29 is 36.1 Å². The van der Waals surface area contributed by atoms with Gasteiger partial charge in [-0.3, -0.25) is 19.8 Å². The van der Waals surface area contributed by atoms with Gasteiger partial charge in [0.05, 0.1) is 10.5 Å². The van der Waals surface area contributed by atoms with Crippen LogP contribution in [0.4, 0.5) is 43.4 Å². The Bertz CT molecular complexity index is 1210. The number of nitrogens with one attached hydrogen (secondary N) is 1. The molecule has 0 unspecified atom stereocenters. The molecule has 226 valence electrons. The lowest BCUT2D eigenvalue weighted by atomic mass is 10.0. The molecule has 0 atom stereocenters. The molecule has 0 spiro atoms. The zero-order chi connectivity index (χ0) is 29.1. The molecule has 1 amide bonds. The molecular weight excluding hydrogens is 556 g/mol. The largest absolute Gasteiger partial charge is 0.423 e. The third-order valence-corrected chi connectivity index (χ3v) is 7.27. The predicted molar refractivity (Wildman–Crippen MR) is 143 cm³/mol. The lowest BCUT2D eigenvalue weighted by Crippen LogP contribution is -2.48. The van der Waals surface area contributed by atoms with Crippen LogP contribution in [-0.4, -0.2) is 72.5 Å². The average Bonchev–Trinajstić information content (AvgIpc) is 2.91. The molecule has 2 saturated heterocycles. The zero-order valence-corrected chi connectivity index (χ0v) is 21.5. The third-order valence-electron chi connectivity index (χ3n) is 7.27. The van der Waals surface area contributed by atoms with Crippen molar-refractivity contribution in [3.8, 4) is 0 Å². The SMILES string of the molecule is C.O=C(CCN1CCN(c2cccc(C(F)(F)F)c2)CC1)N1CCC(Nc2ccc([N+](=O)[O-])c(C(F)(F)F)c2)CC1. The Kier molecular flexibility index (Phi) is 10.1. The molecule has 0 bridgehead atoms. The van der Waals surface area contributed by atoms with Gasteiger partial charge in [0.1, 0.15) is 5.56 Å².